The van der Waals surface area contributed by atoms with Crippen molar-refractivity contribution < 1.29 is 9.90 Å². The molecule has 4 aromatic rings. The lowest BCUT2D eigenvalue weighted by molar-refractivity contribution is 0.0917. The number of H-pyrrole nitrogens is 1. The Hall–Kier alpha value is -3.77. The molecular formula is C24H22N4O2. The summed E-state index contributed by atoms with van der Waals surface area (Å²) in [6.45, 7) is -0.176. The smallest absolute Gasteiger partial charge is 0.252 e. The van der Waals surface area contributed by atoms with Crippen LogP contribution in [0, 0.1) is 0 Å². The monoisotopic (exact) mass is 398 g/mol. The molecule has 2 aromatic carbocycles. The van der Waals surface area contributed by atoms with E-state index in [0.717, 1.165) is 22.5 Å². The Morgan fingerprint density at radius 1 is 1.00 bits per heavy atom. The number of aromatic nitrogens is 3. The highest BCUT2D eigenvalue weighted by molar-refractivity contribution is 6.00. The van der Waals surface area contributed by atoms with Gasteiger partial charge in [-0.2, -0.15) is 5.10 Å². The fourth-order valence-electron chi connectivity index (χ4n) is 3.33. The summed E-state index contributed by atoms with van der Waals surface area (Å²) in [5.74, 6) is -0.259. The highest BCUT2D eigenvalue weighted by Gasteiger charge is 2.18. The van der Waals surface area contributed by atoms with Gasteiger partial charge in [-0.05, 0) is 29.8 Å². The molecule has 3 N–H and O–H groups in total. The molecule has 30 heavy (non-hydrogen) atoms. The first kappa shape index (κ1) is 19.5. The maximum Gasteiger partial charge on any atom is 0.252 e. The van der Waals surface area contributed by atoms with Gasteiger partial charge in [0.05, 0.1) is 24.0 Å². The number of nitrogens with zero attached hydrogens (tertiary/aromatic N) is 2. The van der Waals surface area contributed by atoms with Crippen molar-refractivity contribution in [2.24, 2.45) is 0 Å². The van der Waals surface area contributed by atoms with Gasteiger partial charge >= 0.3 is 0 Å². The molecule has 6 heteroatoms. The Morgan fingerprint density at radius 2 is 1.77 bits per heavy atom. The minimum absolute atomic E-state index is 0.176. The SMILES string of the molecule is O=C(N[C@H](CO)Cc1ccccn1)c1ccccc1-c1cc(-c2ccccc2)[nH]n1. The number of hydrogen-bond donors (Lipinski definition) is 3. The predicted octanol–water partition coefficient (Wildman–Crippen LogP) is 3.47. The first-order valence-electron chi connectivity index (χ1n) is 9.76. The molecular weight excluding hydrogens is 376 g/mol. The van der Waals surface area contributed by atoms with E-state index in [0.29, 0.717) is 17.7 Å². The summed E-state index contributed by atoms with van der Waals surface area (Å²) >= 11 is 0. The van der Waals surface area contributed by atoms with Gasteiger partial charge in [-0.3, -0.25) is 14.9 Å². The van der Waals surface area contributed by atoms with Crippen LogP contribution < -0.4 is 5.32 Å². The second kappa shape index (κ2) is 9.15. The minimum Gasteiger partial charge on any atom is -0.394 e. The molecule has 0 bridgehead atoms. The van der Waals surface area contributed by atoms with Gasteiger partial charge in [-0.1, -0.05) is 54.6 Å². The van der Waals surface area contributed by atoms with Gasteiger partial charge in [-0.25, -0.2) is 0 Å². The Kier molecular flexibility index (Phi) is 5.96. The topological polar surface area (TPSA) is 90.9 Å². The normalized spacial score (nSPS) is 11.8. The lowest BCUT2D eigenvalue weighted by Crippen LogP contribution is -2.39. The number of aliphatic hydroxyl groups is 1. The number of amides is 1. The van der Waals surface area contributed by atoms with Gasteiger partial charge in [0.2, 0.25) is 0 Å². The Morgan fingerprint density at radius 3 is 2.53 bits per heavy atom. The zero-order chi connectivity index (χ0) is 20.8. The molecule has 0 saturated heterocycles. The molecule has 0 aliphatic heterocycles. The third-order valence-electron chi connectivity index (χ3n) is 4.85. The third-order valence-corrected chi connectivity index (χ3v) is 4.85. The van der Waals surface area contributed by atoms with E-state index in [2.05, 4.69) is 20.5 Å². The van der Waals surface area contributed by atoms with E-state index < -0.39 is 6.04 Å². The Bertz CT molecular complexity index is 1110. The van der Waals surface area contributed by atoms with Crippen LogP contribution in [0.15, 0.2) is 85.1 Å². The number of carbonyl (C=O) groups excluding carboxylic acids is 1. The average molecular weight is 398 g/mol. The van der Waals surface area contributed by atoms with E-state index in [4.69, 9.17) is 0 Å². The minimum atomic E-state index is -0.431. The van der Waals surface area contributed by atoms with Crippen molar-refractivity contribution in [3.05, 3.63) is 96.3 Å². The van der Waals surface area contributed by atoms with E-state index in [1.807, 2.05) is 72.8 Å². The number of rotatable bonds is 7. The van der Waals surface area contributed by atoms with Crippen molar-refractivity contribution in [1.82, 2.24) is 20.5 Å². The number of nitrogens with one attached hydrogen (secondary N) is 2. The lowest BCUT2D eigenvalue weighted by atomic mass is 10.0. The van der Waals surface area contributed by atoms with E-state index in [1.54, 1.807) is 12.3 Å². The van der Waals surface area contributed by atoms with Crippen LogP contribution in [0.4, 0.5) is 0 Å². The second-order valence-corrected chi connectivity index (χ2v) is 6.96. The predicted molar refractivity (Wildman–Crippen MR) is 116 cm³/mol. The molecule has 0 aliphatic carbocycles. The van der Waals surface area contributed by atoms with Crippen LogP contribution in [-0.4, -0.2) is 38.8 Å². The molecule has 0 saturated carbocycles. The summed E-state index contributed by atoms with van der Waals surface area (Å²) in [4.78, 5) is 17.3. The highest BCUT2D eigenvalue weighted by Crippen LogP contribution is 2.26. The van der Waals surface area contributed by atoms with E-state index in [9.17, 15) is 9.90 Å². The molecule has 0 aliphatic rings. The molecule has 6 nitrogen and oxygen atoms in total. The average Bonchev–Trinajstić information content (AvgIpc) is 3.30. The standard InChI is InChI=1S/C24H22N4O2/c29-16-19(14-18-10-6-7-13-25-18)26-24(30)21-12-5-4-11-20(21)23-15-22(27-28-23)17-8-2-1-3-9-17/h1-13,15,19,29H,14,16H2,(H,26,30)(H,27,28)/t19-/m0/s1. The highest BCUT2D eigenvalue weighted by atomic mass is 16.3. The van der Waals surface area contributed by atoms with Crippen LogP contribution in [0.3, 0.4) is 0 Å². The summed E-state index contributed by atoms with van der Waals surface area (Å²) in [6.07, 6.45) is 2.15. The summed E-state index contributed by atoms with van der Waals surface area (Å²) in [7, 11) is 0. The number of aromatic amines is 1. The summed E-state index contributed by atoms with van der Waals surface area (Å²) in [6, 6.07) is 24.3. The number of aliphatic hydroxyl groups excluding tert-OH is 1. The summed E-state index contributed by atoms with van der Waals surface area (Å²) in [5, 5.41) is 20.1. The van der Waals surface area contributed by atoms with Gasteiger partial charge in [0.15, 0.2) is 0 Å². The molecule has 0 unspecified atom stereocenters. The van der Waals surface area contributed by atoms with Crippen LogP contribution in [-0.2, 0) is 6.42 Å². The first-order valence-corrected chi connectivity index (χ1v) is 9.76. The number of hydrogen-bond acceptors (Lipinski definition) is 4. The molecule has 4 rings (SSSR count). The van der Waals surface area contributed by atoms with Crippen LogP contribution in [0.5, 0.6) is 0 Å². The zero-order valence-corrected chi connectivity index (χ0v) is 16.3. The lowest BCUT2D eigenvalue weighted by Gasteiger charge is -2.17. The maximum atomic E-state index is 13.0. The largest absolute Gasteiger partial charge is 0.394 e. The molecule has 1 amide bonds. The van der Waals surface area contributed by atoms with Crippen molar-refractivity contribution in [3.8, 4) is 22.5 Å². The summed E-state index contributed by atoms with van der Waals surface area (Å²) in [5.41, 5.74) is 4.62. The molecule has 150 valence electrons. The van der Waals surface area contributed by atoms with Crippen molar-refractivity contribution in [2.75, 3.05) is 6.61 Å². The van der Waals surface area contributed by atoms with Gasteiger partial charge < -0.3 is 10.4 Å². The third kappa shape index (κ3) is 4.45. The molecule has 0 radical (unpaired) electrons. The van der Waals surface area contributed by atoms with Crippen molar-refractivity contribution in [1.29, 1.82) is 0 Å². The fraction of sp³-hybridized carbons (Fsp3) is 0.125. The van der Waals surface area contributed by atoms with E-state index in [-0.39, 0.29) is 12.5 Å². The molecule has 2 aromatic heterocycles. The maximum absolute atomic E-state index is 13.0. The van der Waals surface area contributed by atoms with Crippen molar-refractivity contribution in [3.63, 3.8) is 0 Å². The van der Waals surface area contributed by atoms with E-state index >= 15 is 0 Å². The molecule has 0 fully saturated rings. The van der Waals surface area contributed by atoms with Gasteiger partial charge in [-0.15, -0.1) is 0 Å². The van der Waals surface area contributed by atoms with Crippen molar-refractivity contribution >= 4 is 5.91 Å². The zero-order valence-electron chi connectivity index (χ0n) is 16.3. The number of carbonyl (C=O) groups is 1. The van der Waals surface area contributed by atoms with Crippen molar-refractivity contribution in [2.45, 2.75) is 12.5 Å². The van der Waals surface area contributed by atoms with Gasteiger partial charge in [0, 0.05) is 29.4 Å². The van der Waals surface area contributed by atoms with Crippen LogP contribution >= 0.6 is 0 Å². The molecule has 0 spiro atoms. The van der Waals surface area contributed by atoms with Gasteiger partial charge in [0.1, 0.15) is 0 Å². The van der Waals surface area contributed by atoms with Crippen LogP contribution in [0.25, 0.3) is 22.5 Å². The van der Waals surface area contributed by atoms with E-state index in [1.165, 1.54) is 0 Å². The Labute approximate surface area is 174 Å². The number of benzene rings is 2. The van der Waals surface area contributed by atoms with Crippen LogP contribution in [0.1, 0.15) is 16.1 Å². The summed E-state index contributed by atoms with van der Waals surface area (Å²) < 4.78 is 0. The molecule has 2 heterocycles. The first-order chi connectivity index (χ1) is 14.7. The fourth-order valence-corrected chi connectivity index (χ4v) is 3.33. The second-order valence-electron chi connectivity index (χ2n) is 6.96. The van der Waals surface area contributed by atoms with Gasteiger partial charge in [0.25, 0.3) is 5.91 Å². The quantitative estimate of drug-likeness (QED) is 0.445. The Balaban J connectivity index is 1.56. The molecule has 1 atom stereocenters. The van der Waals surface area contributed by atoms with Crippen LogP contribution in [0.2, 0.25) is 0 Å². The number of pyridine rings is 1.